The van der Waals surface area contributed by atoms with Crippen LogP contribution in [0.3, 0.4) is 0 Å². The highest BCUT2D eigenvalue weighted by atomic mass is 16.5. The van der Waals surface area contributed by atoms with Crippen LogP contribution in [-0.2, 0) is 11.2 Å². The van der Waals surface area contributed by atoms with E-state index in [2.05, 4.69) is 20.4 Å². The maximum absolute atomic E-state index is 12.2. The number of aromatic nitrogens is 2. The Bertz CT molecular complexity index is 630. The van der Waals surface area contributed by atoms with Crippen molar-refractivity contribution in [2.75, 3.05) is 19.6 Å². The van der Waals surface area contributed by atoms with Crippen molar-refractivity contribution in [2.24, 2.45) is 0 Å². The van der Waals surface area contributed by atoms with Gasteiger partial charge >= 0.3 is 0 Å². The van der Waals surface area contributed by atoms with Gasteiger partial charge < -0.3 is 14.3 Å². The lowest BCUT2D eigenvalue weighted by atomic mass is 10.1. The fraction of sp³-hybridized carbons (Fsp3) is 0.588. The molecule has 0 aliphatic carbocycles. The number of furan rings is 1. The van der Waals surface area contributed by atoms with Crippen LogP contribution >= 0.6 is 0 Å². The van der Waals surface area contributed by atoms with Gasteiger partial charge in [0.05, 0.1) is 18.7 Å². The van der Waals surface area contributed by atoms with Gasteiger partial charge in [0.25, 0.3) is 0 Å². The van der Waals surface area contributed by atoms with E-state index in [9.17, 15) is 4.79 Å². The smallest absolute Gasteiger partial charge is 0.227 e. The highest BCUT2D eigenvalue weighted by molar-refractivity contribution is 5.77. The molecule has 1 fully saturated rings. The van der Waals surface area contributed by atoms with Crippen LogP contribution in [0.15, 0.2) is 27.3 Å². The van der Waals surface area contributed by atoms with E-state index < -0.39 is 0 Å². The van der Waals surface area contributed by atoms with Crippen LogP contribution in [0.2, 0.25) is 0 Å². The lowest BCUT2D eigenvalue weighted by Crippen LogP contribution is -2.39. The van der Waals surface area contributed by atoms with E-state index in [4.69, 9.17) is 8.94 Å². The monoisotopic (exact) mass is 332 g/mol. The molecule has 0 radical (unpaired) electrons. The Morgan fingerprint density at radius 2 is 2.12 bits per heavy atom. The molecule has 1 amide bonds. The number of carbonyl (C=O) groups is 1. The minimum atomic E-state index is -0.109. The van der Waals surface area contributed by atoms with Crippen molar-refractivity contribution in [3.8, 4) is 0 Å². The Kier molecular flexibility index (Phi) is 5.63. The van der Waals surface area contributed by atoms with Crippen LogP contribution in [0.25, 0.3) is 0 Å². The fourth-order valence-corrected chi connectivity index (χ4v) is 3.13. The van der Waals surface area contributed by atoms with E-state index in [0.29, 0.717) is 18.3 Å². The van der Waals surface area contributed by atoms with Crippen molar-refractivity contribution in [3.63, 3.8) is 0 Å². The molecule has 7 nitrogen and oxygen atoms in total. The Balaban J connectivity index is 1.60. The third-order valence-corrected chi connectivity index (χ3v) is 4.33. The second-order valence-corrected chi connectivity index (χ2v) is 6.19. The number of rotatable bonds is 6. The number of nitrogens with zero attached hydrogens (tertiary/aromatic N) is 3. The van der Waals surface area contributed by atoms with Crippen LogP contribution in [0.4, 0.5) is 0 Å². The molecule has 1 saturated heterocycles. The van der Waals surface area contributed by atoms with Crippen molar-refractivity contribution in [1.82, 2.24) is 20.4 Å². The molecule has 2 aromatic rings. The molecule has 0 bridgehead atoms. The Hall–Kier alpha value is -2.15. The zero-order valence-corrected chi connectivity index (χ0v) is 14.0. The van der Waals surface area contributed by atoms with Crippen LogP contribution in [0.5, 0.6) is 0 Å². The number of amides is 1. The molecule has 1 atom stereocenters. The molecule has 7 heteroatoms. The normalized spacial score (nSPS) is 17.4. The standard InChI is InChI=1S/C17H24N4O3/c1-13-19-16(20-24-13)11-17(22)18-12-14(15-7-6-10-23-15)21-8-4-2-3-5-9-21/h6-7,10,14H,2-5,8-9,11-12H2,1H3,(H,18,22). The van der Waals surface area contributed by atoms with Crippen molar-refractivity contribution in [2.45, 2.75) is 45.1 Å². The molecule has 1 aliphatic rings. The second kappa shape index (κ2) is 8.10. The molecule has 3 rings (SSSR count). The minimum absolute atomic E-state index is 0.0639. The van der Waals surface area contributed by atoms with E-state index >= 15 is 0 Å². The first kappa shape index (κ1) is 16.7. The summed E-state index contributed by atoms with van der Waals surface area (Å²) in [6, 6.07) is 3.93. The summed E-state index contributed by atoms with van der Waals surface area (Å²) in [4.78, 5) is 18.6. The van der Waals surface area contributed by atoms with Gasteiger partial charge in [-0.3, -0.25) is 9.69 Å². The number of nitrogens with one attached hydrogen (secondary N) is 1. The van der Waals surface area contributed by atoms with Gasteiger partial charge in [0.15, 0.2) is 5.82 Å². The predicted octanol–water partition coefficient (Wildman–Crippen LogP) is 2.25. The molecule has 2 aromatic heterocycles. The summed E-state index contributed by atoms with van der Waals surface area (Å²) in [5.74, 6) is 1.67. The van der Waals surface area contributed by atoms with Crippen LogP contribution in [0, 0.1) is 6.92 Å². The molecule has 0 saturated carbocycles. The lowest BCUT2D eigenvalue weighted by molar-refractivity contribution is -0.120. The minimum Gasteiger partial charge on any atom is -0.468 e. The summed E-state index contributed by atoms with van der Waals surface area (Å²) in [6.45, 7) is 4.29. The fourth-order valence-electron chi connectivity index (χ4n) is 3.13. The zero-order chi connectivity index (χ0) is 16.8. The molecule has 1 aliphatic heterocycles. The average Bonchev–Trinajstić information content (AvgIpc) is 3.14. The molecular weight excluding hydrogens is 308 g/mol. The number of hydrogen-bond acceptors (Lipinski definition) is 6. The van der Waals surface area contributed by atoms with Crippen LogP contribution < -0.4 is 5.32 Å². The van der Waals surface area contributed by atoms with Crippen molar-refractivity contribution < 1.29 is 13.7 Å². The molecular formula is C17H24N4O3. The van der Waals surface area contributed by atoms with E-state index in [-0.39, 0.29) is 18.4 Å². The van der Waals surface area contributed by atoms with Gasteiger partial charge in [0.1, 0.15) is 5.76 Å². The van der Waals surface area contributed by atoms with Gasteiger partial charge in [0, 0.05) is 13.5 Å². The van der Waals surface area contributed by atoms with E-state index in [1.54, 1.807) is 13.2 Å². The Morgan fingerprint density at radius 3 is 2.75 bits per heavy atom. The zero-order valence-electron chi connectivity index (χ0n) is 14.0. The van der Waals surface area contributed by atoms with Crippen LogP contribution in [0.1, 0.15) is 49.2 Å². The highest BCUT2D eigenvalue weighted by Gasteiger charge is 2.24. The quantitative estimate of drug-likeness (QED) is 0.873. The van der Waals surface area contributed by atoms with Gasteiger partial charge in [-0.05, 0) is 38.1 Å². The largest absolute Gasteiger partial charge is 0.468 e. The summed E-state index contributed by atoms with van der Waals surface area (Å²) >= 11 is 0. The van der Waals surface area contributed by atoms with E-state index in [0.717, 1.165) is 18.8 Å². The first-order valence-corrected chi connectivity index (χ1v) is 8.56. The number of aryl methyl sites for hydroxylation is 1. The van der Waals surface area contributed by atoms with Gasteiger partial charge in [0.2, 0.25) is 11.8 Å². The predicted molar refractivity (Wildman–Crippen MR) is 87.2 cm³/mol. The van der Waals surface area contributed by atoms with E-state index in [1.807, 2.05) is 12.1 Å². The Labute approximate surface area is 141 Å². The maximum Gasteiger partial charge on any atom is 0.227 e. The topological polar surface area (TPSA) is 84.4 Å². The number of hydrogen-bond donors (Lipinski definition) is 1. The summed E-state index contributed by atoms with van der Waals surface area (Å²) in [7, 11) is 0. The number of likely N-dealkylation sites (tertiary alicyclic amines) is 1. The van der Waals surface area contributed by atoms with Gasteiger partial charge in [-0.15, -0.1) is 0 Å². The van der Waals surface area contributed by atoms with E-state index in [1.165, 1.54) is 25.7 Å². The van der Waals surface area contributed by atoms with Crippen LogP contribution in [-0.4, -0.2) is 40.6 Å². The molecule has 3 heterocycles. The molecule has 24 heavy (non-hydrogen) atoms. The van der Waals surface area contributed by atoms with Gasteiger partial charge in [-0.1, -0.05) is 18.0 Å². The third kappa shape index (κ3) is 4.44. The first-order valence-electron chi connectivity index (χ1n) is 8.56. The summed E-state index contributed by atoms with van der Waals surface area (Å²) in [6.07, 6.45) is 6.72. The molecule has 0 spiro atoms. The molecule has 130 valence electrons. The average molecular weight is 332 g/mol. The molecule has 1 unspecified atom stereocenters. The number of carbonyl (C=O) groups excluding carboxylic acids is 1. The maximum atomic E-state index is 12.2. The summed E-state index contributed by atoms with van der Waals surface area (Å²) in [5.41, 5.74) is 0. The first-order chi connectivity index (χ1) is 11.7. The molecule has 1 N–H and O–H groups in total. The van der Waals surface area contributed by atoms with Crippen molar-refractivity contribution in [3.05, 3.63) is 35.9 Å². The van der Waals surface area contributed by atoms with Gasteiger partial charge in [-0.2, -0.15) is 4.98 Å². The third-order valence-electron chi connectivity index (χ3n) is 4.33. The summed E-state index contributed by atoms with van der Waals surface area (Å²) in [5, 5.41) is 6.74. The van der Waals surface area contributed by atoms with Crippen molar-refractivity contribution in [1.29, 1.82) is 0 Å². The van der Waals surface area contributed by atoms with Gasteiger partial charge in [-0.25, -0.2) is 0 Å². The van der Waals surface area contributed by atoms with Crippen molar-refractivity contribution >= 4 is 5.91 Å². The lowest BCUT2D eigenvalue weighted by Gasteiger charge is -2.29. The highest BCUT2D eigenvalue weighted by Crippen LogP contribution is 2.24. The Morgan fingerprint density at radius 1 is 1.33 bits per heavy atom. The summed E-state index contributed by atoms with van der Waals surface area (Å²) < 4.78 is 10.5. The second-order valence-electron chi connectivity index (χ2n) is 6.19. The molecule has 0 aromatic carbocycles. The SMILES string of the molecule is Cc1nc(CC(=O)NCC(c2ccco2)N2CCCCCC2)no1.